The summed E-state index contributed by atoms with van der Waals surface area (Å²) in [7, 11) is -1.21. The zero-order chi connectivity index (χ0) is 19.2. The predicted octanol–water partition coefficient (Wildman–Crippen LogP) is 3.96. The standard InChI is InChI=1S/C19H24ClN3O2S.HI/c1-4-21-19(23(2)14-16-6-5-7-17(20)12-16)22-13-15-8-10-18(11-9-15)26(3,24)25;/h5-12H,4,13-14H2,1-3H3,(H,21,22);1H. The SMILES string of the molecule is CCNC(=NCc1ccc(S(C)(=O)=O)cc1)N(C)Cc1cccc(Cl)c1.I. The molecule has 0 heterocycles. The minimum absolute atomic E-state index is 0. The molecule has 27 heavy (non-hydrogen) atoms. The summed E-state index contributed by atoms with van der Waals surface area (Å²) >= 11 is 6.05. The number of rotatable bonds is 6. The van der Waals surface area contributed by atoms with Crippen molar-refractivity contribution in [3.05, 3.63) is 64.7 Å². The number of sulfone groups is 1. The maximum Gasteiger partial charge on any atom is 0.194 e. The number of hydrogen-bond acceptors (Lipinski definition) is 3. The Balaban J connectivity index is 0.00000364. The van der Waals surface area contributed by atoms with Gasteiger partial charge in [-0.25, -0.2) is 13.4 Å². The van der Waals surface area contributed by atoms with Crippen LogP contribution in [0.25, 0.3) is 0 Å². The molecule has 0 spiro atoms. The first-order valence-corrected chi connectivity index (χ1v) is 10.6. The van der Waals surface area contributed by atoms with Gasteiger partial charge in [-0.3, -0.25) is 0 Å². The van der Waals surface area contributed by atoms with Crippen LogP contribution in [-0.2, 0) is 22.9 Å². The summed E-state index contributed by atoms with van der Waals surface area (Å²) in [6.45, 7) is 3.92. The Morgan fingerprint density at radius 3 is 2.37 bits per heavy atom. The Kier molecular flexibility index (Phi) is 9.55. The molecule has 0 radical (unpaired) electrons. The molecule has 2 aromatic carbocycles. The van der Waals surface area contributed by atoms with Gasteiger partial charge in [0.05, 0.1) is 11.4 Å². The molecule has 0 saturated heterocycles. The van der Waals surface area contributed by atoms with E-state index in [-0.39, 0.29) is 24.0 Å². The number of guanidine groups is 1. The summed E-state index contributed by atoms with van der Waals surface area (Å²) < 4.78 is 23.1. The lowest BCUT2D eigenvalue weighted by Crippen LogP contribution is -2.38. The Morgan fingerprint density at radius 1 is 1.15 bits per heavy atom. The highest BCUT2D eigenvalue weighted by Crippen LogP contribution is 2.13. The zero-order valence-electron chi connectivity index (χ0n) is 15.6. The number of halogens is 2. The highest BCUT2D eigenvalue weighted by molar-refractivity contribution is 14.0. The lowest BCUT2D eigenvalue weighted by molar-refractivity contribution is 0.477. The van der Waals surface area contributed by atoms with Crippen molar-refractivity contribution >= 4 is 51.4 Å². The van der Waals surface area contributed by atoms with Gasteiger partial charge < -0.3 is 10.2 Å². The largest absolute Gasteiger partial charge is 0.357 e. The number of benzene rings is 2. The number of aliphatic imine (C=N–C) groups is 1. The molecule has 5 nitrogen and oxygen atoms in total. The van der Waals surface area contributed by atoms with Crippen LogP contribution in [0.3, 0.4) is 0 Å². The van der Waals surface area contributed by atoms with Crippen molar-refractivity contribution in [2.75, 3.05) is 19.8 Å². The van der Waals surface area contributed by atoms with E-state index < -0.39 is 9.84 Å². The Hall–Kier alpha value is -1.32. The van der Waals surface area contributed by atoms with Crippen LogP contribution in [0.2, 0.25) is 5.02 Å². The molecular formula is C19H25ClIN3O2S. The van der Waals surface area contributed by atoms with Crippen molar-refractivity contribution in [1.29, 1.82) is 0 Å². The minimum Gasteiger partial charge on any atom is -0.357 e. The lowest BCUT2D eigenvalue weighted by Gasteiger charge is -2.22. The molecule has 0 unspecified atom stereocenters. The number of nitrogens with zero attached hydrogens (tertiary/aromatic N) is 2. The van der Waals surface area contributed by atoms with Crippen LogP contribution in [0.5, 0.6) is 0 Å². The van der Waals surface area contributed by atoms with Gasteiger partial charge in [0.1, 0.15) is 0 Å². The van der Waals surface area contributed by atoms with E-state index in [0.717, 1.165) is 23.6 Å². The molecule has 0 amide bonds. The van der Waals surface area contributed by atoms with E-state index >= 15 is 0 Å². The van der Waals surface area contributed by atoms with Crippen LogP contribution in [0, 0.1) is 0 Å². The highest BCUT2D eigenvalue weighted by atomic mass is 127. The topological polar surface area (TPSA) is 61.8 Å². The van der Waals surface area contributed by atoms with Gasteiger partial charge in [0.2, 0.25) is 0 Å². The van der Waals surface area contributed by atoms with Gasteiger partial charge in [-0.2, -0.15) is 0 Å². The molecule has 0 aliphatic heterocycles. The van der Waals surface area contributed by atoms with Gasteiger partial charge in [-0.05, 0) is 42.3 Å². The molecule has 0 fully saturated rings. The maximum absolute atomic E-state index is 11.5. The van der Waals surface area contributed by atoms with Crippen LogP contribution in [-0.4, -0.2) is 39.1 Å². The summed E-state index contributed by atoms with van der Waals surface area (Å²) in [5.41, 5.74) is 2.05. The van der Waals surface area contributed by atoms with Gasteiger partial charge in [0, 0.05) is 31.4 Å². The van der Waals surface area contributed by atoms with Crippen LogP contribution in [0.4, 0.5) is 0 Å². The summed E-state index contributed by atoms with van der Waals surface area (Å²) in [6, 6.07) is 14.6. The van der Waals surface area contributed by atoms with E-state index in [4.69, 9.17) is 11.6 Å². The third-order valence-electron chi connectivity index (χ3n) is 3.77. The second kappa shape index (κ2) is 10.9. The predicted molar refractivity (Wildman–Crippen MR) is 123 cm³/mol. The zero-order valence-corrected chi connectivity index (χ0v) is 19.5. The molecule has 0 bridgehead atoms. The van der Waals surface area contributed by atoms with Crippen molar-refractivity contribution in [2.45, 2.75) is 24.9 Å². The van der Waals surface area contributed by atoms with E-state index in [1.807, 2.05) is 43.1 Å². The van der Waals surface area contributed by atoms with Gasteiger partial charge >= 0.3 is 0 Å². The third kappa shape index (κ3) is 7.67. The fraction of sp³-hybridized carbons (Fsp3) is 0.316. The molecule has 1 N–H and O–H groups in total. The number of nitrogens with one attached hydrogen (secondary N) is 1. The third-order valence-corrected chi connectivity index (χ3v) is 5.13. The Bertz CT molecular complexity index is 871. The van der Waals surface area contributed by atoms with Gasteiger partial charge in [-0.1, -0.05) is 35.9 Å². The minimum atomic E-state index is -3.18. The molecule has 148 valence electrons. The van der Waals surface area contributed by atoms with Crippen molar-refractivity contribution in [2.24, 2.45) is 4.99 Å². The van der Waals surface area contributed by atoms with Crippen LogP contribution in [0.1, 0.15) is 18.1 Å². The first-order chi connectivity index (χ1) is 12.3. The maximum atomic E-state index is 11.5. The van der Waals surface area contributed by atoms with E-state index in [2.05, 4.69) is 10.3 Å². The normalized spacial score (nSPS) is 11.6. The first kappa shape index (κ1) is 23.7. The van der Waals surface area contributed by atoms with Crippen molar-refractivity contribution in [3.63, 3.8) is 0 Å². The molecule has 0 aliphatic rings. The van der Waals surface area contributed by atoms with E-state index in [9.17, 15) is 8.42 Å². The van der Waals surface area contributed by atoms with Crippen LogP contribution < -0.4 is 5.32 Å². The quantitative estimate of drug-likeness (QED) is 0.355. The average molecular weight is 522 g/mol. The summed E-state index contributed by atoms with van der Waals surface area (Å²) in [4.78, 5) is 6.99. The van der Waals surface area contributed by atoms with Crippen molar-refractivity contribution < 1.29 is 8.42 Å². The molecule has 0 aliphatic carbocycles. The van der Waals surface area contributed by atoms with Crippen molar-refractivity contribution in [3.8, 4) is 0 Å². The lowest BCUT2D eigenvalue weighted by atomic mass is 10.2. The highest BCUT2D eigenvalue weighted by Gasteiger charge is 2.08. The first-order valence-electron chi connectivity index (χ1n) is 8.32. The number of hydrogen-bond donors (Lipinski definition) is 1. The van der Waals surface area contributed by atoms with E-state index in [1.54, 1.807) is 24.3 Å². The molecule has 0 aromatic heterocycles. The van der Waals surface area contributed by atoms with Gasteiger partial charge in [0.25, 0.3) is 0 Å². The van der Waals surface area contributed by atoms with Gasteiger partial charge in [0.15, 0.2) is 15.8 Å². The molecule has 2 rings (SSSR count). The summed E-state index contributed by atoms with van der Waals surface area (Å²) in [6.07, 6.45) is 1.20. The van der Waals surface area contributed by atoms with E-state index in [0.29, 0.717) is 23.0 Å². The smallest absolute Gasteiger partial charge is 0.194 e. The van der Waals surface area contributed by atoms with Gasteiger partial charge in [-0.15, -0.1) is 24.0 Å². The van der Waals surface area contributed by atoms with Crippen molar-refractivity contribution in [1.82, 2.24) is 10.2 Å². The second-order valence-electron chi connectivity index (χ2n) is 6.07. The summed E-state index contributed by atoms with van der Waals surface area (Å²) in [5, 5.41) is 3.98. The fourth-order valence-electron chi connectivity index (χ4n) is 2.46. The van der Waals surface area contributed by atoms with Crippen LogP contribution >= 0.6 is 35.6 Å². The molecule has 8 heteroatoms. The molecule has 0 atom stereocenters. The Morgan fingerprint density at radius 2 is 1.81 bits per heavy atom. The monoisotopic (exact) mass is 521 g/mol. The fourth-order valence-corrected chi connectivity index (χ4v) is 3.31. The Labute approximate surface area is 183 Å². The van der Waals surface area contributed by atoms with E-state index in [1.165, 1.54) is 6.26 Å². The van der Waals surface area contributed by atoms with Crippen LogP contribution in [0.15, 0.2) is 58.4 Å². The molecule has 0 saturated carbocycles. The second-order valence-corrected chi connectivity index (χ2v) is 8.52. The molecular weight excluding hydrogens is 497 g/mol. The average Bonchev–Trinajstić information content (AvgIpc) is 2.58. The summed E-state index contributed by atoms with van der Waals surface area (Å²) in [5.74, 6) is 0.777. The molecule has 2 aromatic rings.